The highest BCUT2D eigenvalue weighted by atomic mass is 32.2. The Balaban J connectivity index is 2.09. The van der Waals surface area contributed by atoms with Gasteiger partial charge in [0.2, 0.25) is 5.88 Å². The fourth-order valence-electron chi connectivity index (χ4n) is 3.43. The van der Waals surface area contributed by atoms with Gasteiger partial charge in [0.15, 0.2) is 11.5 Å². The summed E-state index contributed by atoms with van der Waals surface area (Å²) in [5.74, 6) is 1.36. The number of hydrogen-bond donors (Lipinski definition) is 2. The molecule has 0 spiro atoms. The minimum Gasteiger partial charge on any atom is -0.493 e. The van der Waals surface area contributed by atoms with Gasteiger partial charge in [-0.2, -0.15) is 0 Å². The van der Waals surface area contributed by atoms with Crippen molar-refractivity contribution in [2.24, 2.45) is 7.05 Å². The number of hydrogen-bond acceptors (Lipinski definition) is 7. The summed E-state index contributed by atoms with van der Waals surface area (Å²) in [4.78, 5) is 0.123. The molecular weight excluding hydrogens is 458 g/mol. The van der Waals surface area contributed by atoms with Gasteiger partial charge in [-0.25, -0.2) is 13.1 Å². The monoisotopic (exact) mass is 489 g/mol. The highest BCUT2D eigenvalue weighted by Gasteiger charge is 2.26. The Kier molecular flexibility index (Phi) is 7.42. The quantitative estimate of drug-likeness (QED) is 0.473. The summed E-state index contributed by atoms with van der Waals surface area (Å²) in [6, 6.07) is 11.9. The molecule has 0 aliphatic carbocycles. The van der Waals surface area contributed by atoms with Crippen molar-refractivity contribution in [2.45, 2.75) is 31.1 Å². The molecule has 2 N–H and O–H groups in total. The van der Waals surface area contributed by atoms with Gasteiger partial charge in [-0.3, -0.25) is 4.72 Å². The zero-order valence-electron chi connectivity index (χ0n) is 20.2. The third kappa shape index (κ3) is 5.28. The number of aromatic nitrogens is 2. The van der Waals surface area contributed by atoms with E-state index < -0.39 is 10.0 Å². The molecule has 3 rings (SSSR count). The van der Waals surface area contributed by atoms with E-state index in [9.17, 15) is 13.5 Å². The molecule has 9 nitrogen and oxygen atoms in total. The minimum absolute atomic E-state index is 0.00222. The van der Waals surface area contributed by atoms with Crippen LogP contribution in [0.15, 0.2) is 47.4 Å². The lowest BCUT2D eigenvalue weighted by molar-refractivity contribution is 0.196. The Morgan fingerprint density at radius 2 is 1.68 bits per heavy atom. The van der Waals surface area contributed by atoms with Gasteiger partial charge in [0, 0.05) is 7.05 Å². The number of sulfonamides is 1. The predicted molar refractivity (Wildman–Crippen MR) is 130 cm³/mol. The van der Waals surface area contributed by atoms with Crippen molar-refractivity contribution in [3.8, 4) is 28.5 Å². The lowest BCUT2D eigenvalue weighted by atomic mass is 9.87. The van der Waals surface area contributed by atoms with Crippen LogP contribution in [0.3, 0.4) is 0 Å². The van der Waals surface area contributed by atoms with Crippen LogP contribution in [0.2, 0.25) is 0 Å². The number of aryl methyl sites for hydroxylation is 1. The van der Waals surface area contributed by atoms with Crippen molar-refractivity contribution in [1.29, 1.82) is 0 Å². The molecule has 0 saturated carbocycles. The second-order valence-electron chi connectivity index (χ2n) is 8.67. The number of ether oxygens (including phenoxy) is 3. The Hall–Kier alpha value is -3.24. The molecule has 3 aromatic rings. The second kappa shape index (κ2) is 9.94. The number of anilines is 1. The van der Waals surface area contributed by atoms with Gasteiger partial charge in [0.1, 0.15) is 12.4 Å². The standard InChI is InChI=1S/C24H31N3O6S/c1-24(2,3)17-8-10-18(11-9-17)34(29,30)26-22-21(23(25-27(22)4)33-14-13-28)16-7-12-19(31-5)20(15-16)32-6/h7-12,15,26,28H,13-14H2,1-6H3. The number of rotatable bonds is 9. The van der Waals surface area contributed by atoms with E-state index in [2.05, 4.69) is 30.6 Å². The Morgan fingerprint density at radius 1 is 1.03 bits per heavy atom. The van der Waals surface area contributed by atoms with Gasteiger partial charge in [-0.05, 0) is 40.8 Å². The number of benzene rings is 2. The Labute approximate surface area is 200 Å². The summed E-state index contributed by atoms with van der Waals surface area (Å²) in [7, 11) is 0.714. The van der Waals surface area contributed by atoms with Gasteiger partial charge in [0.25, 0.3) is 10.0 Å². The maximum atomic E-state index is 13.3. The number of aliphatic hydroxyl groups is 1. The van der Waals surface area contributed by atoms with Crippen LogP contribution in [-0.2, 0) is 22.5 Å². The minimum atomic E-state index is -3.94. The lowest BCUT2D eigenvalue weighted by Crippen LogP contribution is -2.17. The van der Waals surface area contributed by atoms with Crippen molar-refractivity contribution in [1.82, 2.24) is 9.78 Å². The third-order valence-electron chi connectivity index (χ3n) is 5.28. The molecule has 0 aliphatic heterocycles. The zero-order chi connectivity index (χ0) is 25.1. The highest BCUT2D eigenvalue weighted by Crippen LogP contribution is 2.41. The average molecular weight is 490 g/mol. The summed E-state index contributed by atoms with van der Waals surface area (Å²) in [5.41, 5.74) is 1.93. The van der Waals surface area contributed by atoms with Gasteiger partial charge in [0.05, 0.1) is 31.3 Å². The number of methoxy groups -OCH3 is 2. The molecule has 0 unspecified atom stereocenters. The first-order chi connectivity index (χ1) is 16.0. The van der Waals surface area contributed by atoms with Crippen molar-refractivity contribution >= 4 is 15.8 Å². The highest BCUT2D eigenvalue weighted by molar-refractivity contribution is 7.92. The lowest BCUT2D eigenvalue weighted by Gasteiger charge is -2.19. The smallest absolute Gasteiger partial charge is 0.263 e. The van der Waals surface area contributed by atoms with Crippen LogP contribution in [0.4, 0.5) is 5.82 Å². The van der Waals surface area contributed by atoms with Crippen LogP contribution in [0, 0.1) is 0 Å². The van der Waals surface area contributed by atoms with Crippen LogP contribution < -0.4 is 18.9 Å². The Bertz CT molecular complexity index is 1240. The summed E-state index contributed by atoms with van der Waals surface area (Å²) in [6.07, 6.45) is 0. The first-order valence-electron chi connectivity index (χ1n) is 10.7. The van der Waals surface area contributed by atoms with Crippen LogP contribution in [0.25, 0.3) is 11.1 Å². The van der Waals surface area contributed by atoms with E-state index in [0.29, 0.717) is 22.6 Å². The molecule has 10 heteroatoms. The summed E-state index contributed by atoms with van der Waals surface area (Å²) in [5, 5.41) is 13.6. The van der Waals surface area contributed by atoms with Gasteiger partial charge >= 0.3 is 0 Å². The van der Waals surface area contributed by atoms with Gasteiger partial charge in [-0.15, -0.1) is 5.10 Å². The molecule has 0 radical (unpaired) electrons. The molecule has 0 aliphatic rings. The van der Waals surface area contributed by atoms with E-state index in [1.807, 2.05) is 12.1 Å². The predicted octanol–water partition coefficient (Wildman–Crippen LogP) is 3.57. The molecule has 0 saturated heterocycles. The third-order valence-corrected chi connectivity index (χ3v) is 6.63. The maximum Gasteiger partial charge on any atom is 0.263 e. The van der Waals surface area contributed by atoms with E-state index in [1.165, 1.54) is 18.9 Å². The average Bonchev–Trinajstić information content (AvgIpc) is 3.10. The molecule has 0 atom stereocenters. The van der Waals surface area contributed by atoms with E-state index in [1.54, 1.807) is 37.4 Å². The molecule has 0 amide bonds. The SMILES string of the molecule is COc1ccc(-c2c(OCCO)nn(C)c2NS(=O)(=O)c2ccc(C(C)(C)C)cc2)cc1OC. The fraction of sp³-hybridized carbons (Fsp3) is 0.375. The van der Waals surface area contributed by atoms with E-state index in [0.717, 1.165) is 5.56 Å². The maximum absolute atomic E-state index is 13.3. The van der Waals surface area contributed by atoms with Crippen molar-refractivity contribution in [3.05, 3.63) is 48.0 Å². The normalized spacial score (nSPS) is 11.9. The molecule has 184 valence electrons. The topological polar surface area (TPSA) is 112 Å². The van der Waals surface area contributed by atoms with Crippen LogP contribution >= 0.6 is 0 Å². The van der Waals surface area contributed by atoms with Gasteiger partial charge < -0.3 is 19.3 Å². The van der Waals surface area contributed by atoms with Crippen LogP contribution in [0.1, 0.15) is 26.3 Å². The zero-order valence-corrected chi connectivity index (χ0v) is 21.1. The fourth-order valence-corrected chi connectivity index (χ4v) is 4.53. The van der Waals surface area contributed by atoms with Crippen molar-refractivity contribution < 1.29 is 27.7 Å². The first kappa shape index (κ1) is 25.4. The Morgan fingerprint density at radius 3 is 2.24 bits per heavy atom. The van der Waals surface area contributed by atoms with E-state index in [4.69, 9.17) is 14.2 Å². The number of aliphatic hydroxyl groups excluding tert-OH is 1. The van der Waals surface area contributed by atoms with Gasteiger partial charge in [-0.1, -0.05) is 39.0 Å². The molecule has 0 fully saturated rings. The van der Waals surface area contributed by atoms with Crippen molar-refractivity contribution in [3.63, 3.8) is 0 Å². The molecule has 2 aromatic carbocycles. The first-order valence-corrected chi connectivity index (χ1v) is 12.2. The summed E-state index contributed by atoms with van der Waals surface area (Å²) >= 11 is 0. The number of nitrogens with zero attached hydrogens (tertiary/aromatic N) is 2. The van der Waals surface area contributed by atoms with Crippen molar-refractivity contribution in [2.75, 3.05) is 32.2 Å². The second-order valence-corrected chi connectivity index (χ2v) is 10.4. The number of nitrogens with one attached hydrogen (secondary N) is 1. The summed E-state index contributed by atoms with van der Waals surface area (Å²) in [6.45, 7) is 5.97. The van der Waals surface area contributed by atoms with E-state index in [-0.39, 0.29) is 35.2 Å². The molecule has 0 bridgehead atoms. The largest absolute Gasteiger partial charge is 0.493 e. The summed E-state index contributed by atoms with van der Waals surface area (Å²) < 4.78 is 46.9. The van der Waals surface area contributed by atoms with Crippen LogP contribution in [0.5, 0.6) is 17.4 Å². The van der Waals surface area contributed by atoms with E-state index >= 15 is 0 Å². The molecule has 1 aromatic heterocycles. The van der Waals surface area contributed by atoms with Crippen LogP contribution in [-0.4, -0.2) is 50.7 Å². The molecular formula is C24H31N3O6S. The molecule has 1 heterocycles. The molecule has 34 heavy (non-hydrogen) atoms.